The summed E-state index contributed by atoms with van der Waals surface area (Å²) in [5.74, 6) is 0.349. The second kappa shape index (κ2) is 9.91. The van der Waals surface area contributed by atoms with Gasteiger partial charge in [0.2, 0.25) is 0 Å². The Hall–Kier alpha value is -2.24. The summed E-state index contributed by atoms with van der Waals surface area (Å²) in [6.07, 6.45) is 0.946. The highest BCUT2D eigenvalue weighted by Gasteiger charge is 2.25. The molecular weight excluding hydrogens is 320 g/mol. The van der Waals surface area contributed by atoms with E-state index in [-0.39, 0.29) is 12.1 Å². The van der Waals surface area contributed by atoms with Crippen molar-refractivity contribution < 1.29 is 19.4 Å². The van der Waals surface area contributed by atoms with Crippen LogP contribution >= 0.6 is 0 Å². The number of benzene rings is 1. The van der Waals surface area contributed by atoms with Crippen molar-refractivity contribution in [3.63, 3.8) is 0 Å². The fourth-order valence-electron chi connectivity index (χ4n) is 2.61. The molecule has 6 heteroatoms. The fraction of sp³-hybridized carbons (Fsp3) is 0.579. The van der Waals surface area contributed by atoms with Crippen LogP contribution in [0.3, 0.4) is 0 Å². The number of ether oxygens (including phenoxy) is 1. The summed E-state index contributed by atoms with van der Waals surface area (Å²) in [5.41, 5.74) is 0.498. The van der Waals surface area contributed by atoms with E-state index >= 15 is 0 Å². The van der Waals surface area contributed by atoms with Gasteiger partial charge in [-0.05, 0) is 45.2 Å². The molecule has 0 saturated carbocycles. The van der Waals surface area contributed by atoms with E-state index in [2.05, 4.69) is 0 Å². The maximum absolute atomic E-state index is 12.6. The Labute approximate surface area is 150 Å². The van der Waals surface area contributed by atoms with Crippen molar-refractivity contribution in [1.29, 1.82) is 0 Å². The summed E-state index contributed by atoms with van der Waals surface area (Å²) >= 11 is 0. The molecule has 0 radical (unpaired) electrons. The van der Waals surface area contributed by atoms with Gasteiger partial charge in [-0.2, -0.15) is 0 Å². The second-order valence-electron chi connectivity index (χ2n) is 6.22. The SMILES string of the molecule is CCCN(C(=O)O)c1cccc(OC(=O)N(C(C)CC)C(C)CC)c1. The first-order chi connectivity index (χ1) is 11.8. The van der Waals surface area contributed by atoms with Crippen molar-refractivity contribution in [1.82, 2.24) is 4.90 Å². The molecule has 2 amide bonds. The van der Waals surface area contributed by atoms with Crippen molar-refractivity contribution in [3.8, 4) is 5.75 Å². The molecule has 2 atom stereocenters. The van der Waals surface area contributed by atoms with Crippen molar-refractivity contribution in [2.45, 2.75) is 66.0 Å². The number of carboxylic acid groups (broad SMARTS) is 1. The first-order valence-electron chi connectivity index (χ1n) is 8.96. The maximum atomic E-state index is 12.6. The molecule has 1 rings (SSSR count). The number of hydrogen-bond acceptors (Lipinski definition) is 3. The molecule has 25 heavy (non-hydrogen) atoms. The topological polar surface area (TPSA) is 70.1 Å². The quantitative estimate of drug-likeness (QED) is 0.718. The molecule has 0 aliphatic carbocycles. The lowest BCUT2D eigenvalue weighted by Crippen LogP contribution is -2.45. The van der Waals surface area contributed by atoms with Gasteiger partial charge >= 0.3 is 12.2 Å². The lowest BCUT2D eigenvalue weighted by molar-refractivity contribution is 0.111. The number of rotatable bonds is 8. The zero-order valence-corrected chi connectivity index (χ0v) is 15.9. The molecule has 1 aromatic rings. The fourth-order valence-corrected chi connectivity index (χ4v) is 2.61. The van der Waals surface area contributed by atoms with E-state index in [4.69, 9.17) is 4.74 Å². The number of carbonyl (C=O) groups is 2. The van der Waals surface area contributed by atoms with Crippen LogP contribution < -0.4 is 9.64 Å². The van der Waals surface area contributed by atoms with Gasteiger partial charge in [-0.15, -0.1) is 0 Å². The smallest absolute Gasteiger partial charge is 0.415 e. The molecule has 0 fully saturated rings. The van der Waals surface area contributed by atoms with Crippen LogP contribution in [-0.4, -0.2) is 40.8 Å². The molecule has 1 aromatic carbocycles. The van der Waals surface area contributed by atoms with Crippen molar-refractivity contribution >= 4 is 17.9 Å². The van der Waals surface area contributed by atoms with Gasteiger partial charge in [-0.3, -0.25) is 4.90 Å². The third-order valence-corrected chi connectivity index (χ3v) is 4.35. The summed E-state index contributed by atoms with van der Waals surface area (Å²) < 4.78 is 5.54. The third-order valence-electron chi connectivity index (χ3n) is 4.35. The Balaban J connectivity index is 3.00. The standard InChI is InChI=1S/C19H30N2O4/c1-6-12-20(18(22)23)16-10-9-11-17(13-16)25-19(24)21(14(4)7-2)15(5)8-3/h9-11,13-15H,6-8,12H2,1-5H3,(H,22,23). The van der Waals surface area contributed by atoms with E-state index in [1.165, 1.54) is 4.90 Å². The summed E-state index contributed by atoms with van der Waals surface area (Å²) in [6, 6.07) is 6.79. The molecule has 0 aliphatic heterocycles. The molecule has 0 aliphatic rings. The average molecular weight is 350 g/mol. The minimum absolute atomic E-state index is 0.0706. The first-order valence-corrected chi connectivity index (χ1v) is 8.96. The van der Waals surface area contributed by atoms with Crippen LogP contribution in [0.2, 0.25) is 0 Å². The van der Waals surface area contributed by atoms with Crippen LogP contribution in [0, 0.1) is 0 Å². The van der Waals surface area contributed by atoms with E-state index in [0.29, 0.717) is 24.4 Å². The van der Waals surface area contributed by atoms with Crippen LogP contribution in [0.15, 0.2) is 24.3 Å². The Morgan fingerprint density at radius 2 is 1.72 bits per heavy atom. The van der Waals surface area contributed by atoms with Crippen molar-refractivity contribution in [3.05, 3.63) is 24.3 Å². The van der Waals surface area contributed by atoms with E-state index in [1.54, 1.807) is 29.2 Å². The zero-order valence-electron chi connectivity index (χ0n) is 15.9. The molecule has 0 aromatic heterocycles. The highest BCUT2D eigenvalue weighted by molar-refractivity contribution is 5.86. The number of amides is 2. The lowest BCUT2D eigenvalue weighted by Gasteiger charge is -2.32. The van der Waals surface area contributed by atoms with E-state index < -0.39 is 12.2 Å². The van der Waals surface area contributed by atoms with Crippen molar-refractivity contribution in [2.75, 3.05) is 11.4 Å². The highest BCUT2D eigenvalue weighted by atomic mass is 16.6. The van der Waals surface area contributed by atoms with Crippen LogP contribution in [0.1, 0.15) is 53.9 Å². The van der Waals surface area contributed by atoms with Gasteiger partial charge in [0.25, 0.3) is 0 Å². The van der Waals surface area contributed by atoms with Crippen LogP contribution in [0.5, 0.6) is 5.75 Å². The van der Waals surface area contributed by atoms with Crippen LogP contribution in [0.4, 0.5) is 15.3 Å². The zero-order chi connectivity index (χ0) is 19.0. The van der Waals surface area contributed by atoms with Gasteiger partial charge in [-0.25, -0.2) is 9.59 Å². The van der Waals surface area contributed by atoms with E-state index in [0.717, 1.165) is 12.8 Å². The molecule has 1 N–H and O–H groups in total. The van der Waals surface area contributed by atoms with E-state index in [1.807, 2.05) is 34.6 Å². The van der Waals surface area contributed by atoms with Gasteiger partial charge in [0, 0.05) is 24.7 Å². The van der Waals surface area contributed by atoms with Crippen LogP contribution in [-0.2, 0) is 0 Å². The van der Waals surface area contributed by atoms with Crippen LogP contribution in [0.25, 0.3) is 0 Å². The van der Waals surface area contributed by atoms with Crippen molar-refractivity contribution in [2.24, 2.45) is 0 Å². The van der Waals surface area contributed by atoms with Gasteiger partial charge in [0.15, 0.2) is 0 Å². The number of anilines is 1. The molecule has 6 nitrogen and oxygen atoms in total. The average Bonchev–Trinajstić information content (AvgIpc) is 2.59. The monoisotopic (exact) mass is 350 g/mol. The number of nitrogens with zero attached hydrogens (tertiary/aromatic N) is 2. The van der Waals surface area contributed by atoms with E-state index in [9.17, 15) is 14.7 Å². The molecule has 0 bridgehead atoms. The summed E-state index contributed by atoms with van der Waals surface area (Å²) in [4.78, 5) is 27.0. The Kier molecular flexibility index (Phi) is 8.25. The Bertz CT molecular complexity index is 566. The highest BCUT2D eigenvalue weighted by Crippen LogP contribution is 2.23. The van der Waals surface area contributed by atoms with Gasteiger partial charge < -0.3 is 14.7 Å². The molecule has 140 valence electrons. The summed E-state index contributed by atoms with van der Waals surface area (Å²) in [6.45, 7) is 10.4. The number of hydrogen-bond donors (Lipinski definition) is 1. The maximum Gasteiger partial charge on any atom is 0.415 e. The van der Waals surface area contributed by atoms with Gasteiger partial charge in [0.1, 0.15) is 5.75 Å². The summed E-state index contributed by atoms with van der Waals surface area (Å²) in [7, 11) is 0. The molecule has 2 unspecified atom stereocenters. The minimum Gasteiger partial charge on any atom is -0.465 e. The number of carbonyl (C=O) groups excluding carboxylic acids is 1. The van der Waals surface area contributed by atoms with Gasteiger partial charge in [-0.1, -0.05) is 26.8 Å². The lowest BCUT2D eigenvalue weighted by atomic mass is 10.1. The minimum atomic E-state index is -1.02. The molecule has 0 heterocycles. The molecule has 0 spiro atoms. The molecular formula is C19H30N2O4. The Morgan fingerprint density at radius 1 is 1.12 bits per heavy atom. The Morgan fingerprint density at radius 3 is 2.20 bits per heavy atom. The predicted octanol–water partition coefficient (Wildman–Crippen LogP) is 4.98. The molecule has 0 saturated heterocycles. The van der Waals surface area contributed by atoms with Gasteiger partial charge in [0.05, 0.1) is 5.69 Å². The predicted molar refractivity (Wildman–Crippen MR) is 99.5 cm³/mol. The second-order valence-corrected chi connectivity index (χ2v) is 6.22. The first kappa shape index (κ1) is 20.8. The third kappa shape index (κ3) is 5.66. The largest absolute Gasteiger partial charge is 0.465 e. The normalized spacial score (nSPS) is 13.0. The summed E-state index contributed by atoms with van der Waals surface area (Å²) in [5, 5.41) is 9.34.